The summed E-state index contributed by atoms with van der Waals surface area (Å²) in [4.78, 5) is 11.2. The third kappa shape index (κ3) is 3.56. The van der Waals surface area contributed by atoms with E-state index >= 15 is 0 Å². The van der Waals surface area contributed by atoms with Crippen molar-refractivity contribution in [2.45, 2.75) is 12.0 Å². The number of rotatable bonds is 4. The van der Waals surface area contributed by atoms with Crippen LogP contribution in [0.5, 0.6) is 0 Å². The molecule has 0 aliphatic carbocycles. The van der Waals surface area contributed by atoms with E-state index in [1.54, 1.807) is 0 Å². The van der Waals surface area contributed by atoms with Gasteiger partial charge in [0.15, 0.2) is 0 Å². The standard InChI is InChI=1S/C15H15NO2.ClH/c16-14(15(17)18)13(11-7-3-1-4-8-11)12-9-5-2-6-10-12;/h1-10,13-14H,16H2,(H,17,18);1H. The Hall–Kier alpha value is -1.84. The molecule has 0 bridgehead atoms. The highest BCUT2D eigenvalue weighted by molar-refractivity contribution is 5.85. The molecule has 1 unspecified atom stereocenters. The third-order valence-electron chi connectivity index (χ3n) is 2.96. The van der Waals surface area contributed by atoms with Gasteiger partial charge in [-0.3, -0.25) is 4.79 Å². The van der Waals surface area contributed by atoms with Crippen LogP contribution in [-0.4, -0.2) is 17.1 Å². The fourth-order valence-electron chi connectivity index (χ4n) is 2.07. The number of carbonyl (C=O) groups is 1. The number of carboxylic acids is 1. The van der Waals surface area contributed by atoms with Gasteiger partial charge in [0.25, 0.3) is 0 Å². The van der Waals surface area contributed by atoms with Crippen molar-refractivity contribution in [2.24, 2.45) is 5.73 Å². The zero-order valence-corrected chi connectivity index (χ0v) is 11.1. The van der Waals surface area contributed by atoms with E-state index in [4.69, 9.17) is 10.8 Å². The first kappa shape index (κ1) is 15.2. The molecule has 0 heterocycles. The van der Waals surface area contributed by atoms with Crippen LogP contribution < -0.4 is 5.73 Å². The van der Waals surface area contributed by atoms with Crippen molar-refractivity contribution in [3.8, 4) is 0 Å². The van der Waals surface area contributed by atoms with Gasteiger partial charge in [-0.1, -0.05) is 60.7 Å². The van der Waals surface area contributed by atoms with E-state index in [-0.39, 0.29) is 18.3 Å². The van der Waals surface area contributed by atoms with Gasteiger partial charge < -0.3 is 10.8 Å². The van der Waals surface area contributed by atoms with Crippen LogP contribution in [0.4, 0.5) is 0 Å². The number of benzene rings is 2. The second-order valence-corrected chi connectivity index (χ2v) is 4.16. The molecule has 0 aromatic heterocycles. The first-order chi connectivity index (χ1) is 8.70. The quantitative estimate of drug-likeness (QED) is 0.903. The smallest absolute Gasteiger partial charge is 0.321 e. The predicted molar refractivity (Wildman–Crippen MR) is 77.6 cm³/mol. The summed E-state index contributed by atoms with van der Waals surface area (Å²) >= 11 is 0. The lowest BCUT2D eigenvalue weighted by Gasteiger charge is -2.21. The zero-order valence-electron chi connectivity index (χ0n) is 10.3. The number of hydrogen-bond acceptors (Lipinski definition) is 2. The Balaban J connectivity index is 0.00000180. The van der Waals surface area contributed by atoms with E-state index < -0.39 is 12.0 Å². The summed E-state index contributed by atoms with van der Waals surface area (Å²) in [6.45, 7) is 0. The Labute approximate surface area is 118 Å². The maximum Gasteiger partial charge on any atom is 0.321 e. The first-order valence-corrected chi connectivity index (χ1v) is 5.78. The normalized spacial score (nSPS) is 11.7. The van der Waals surface area contributed by atoms with E-state index in [2.05, 4.69) is 0 Å². The van der Waals surface area contributed by atoms with Crippen LogP contribution in [0.25, 0.3) is 0 Å². The molecule has 3 nitrogen and oxygen atoms in total. The Morgan fingerprint density at radius 1 is 0.895 bits per heavy atom. The molecule has 0 amide bonds. The third-order valence-corrected chi connectivity index (χ3v) is 2.96. The second-order valence-electron chi connectivity index (χ2n) is 4.16. The first-order valence-electron chi connectivity index (χ1n) is 5.78. The molecular weight excluding hydrogens is 262 g/mol. The van der Waals surface area contributed by atoms with E-state index in [1.165, 1.54) is 0 Å². The molecule has 1 atom stereocenters. The lowest BCUT2D eigenvalue weighted by Crippen LogP contribution is -2.37. The van der Waals surface area contributed by atoms with Crippen LogP contribution in [-0.2, 0) is 4.79 Å². The minimum Gasteiger partial charge on any atom is -0.480 e. The van der Waals surface area contributed by atoms with Crippen LogP contribution in [0.3, 0.4) is 0 Å². The van der Waals surface area contributed by atoms with Crippen LogP contribution in [0.1, 0.15) is 17.0 Å². The van der Waals surface area contributed by atoms with Gasteiger partial charge in [-0.15, -0.1) is 12.4 Å². The SMILES string of the molecule is Cl.NC(C(=O)O)C(c1ccccc1)c1ccccc1. The lowest BCUT2D eigenvalue weighted by molar-refractivity contribution is -0.138. The molecule has 2 aromatic carbocycles. The molecule has 0 aliphatic rings. The van der Waals surface area contributed by atoms with E-state index in [0.717, 1.165) is 11.1 Å². The zero-order chi connectivity index (χ0) is 13.0. The minimum absolute atomic E-state index is 0. The molecule has 4 heteroatoms. The molecule has 2 rings (SSSR count). The molecule has 0 radical (unpaired) electrons. The Kier molecular flexibility index (Phi) is 5.55. The van der Waals surface area contributed by atoms with Crippen molar-refractivity contribution in [3.63, 3.8) is 0 Å². The van der Waals surface area contributed by atoms with Crippen molar-refractivity contribution in [1.82, 2.24) is 0 Å². The van der Waals surface area contributed by atoms with E-state index in [1.807, 2.05) is 60.7 Å². The molecule has 0 fully saturated rings. The molecule has 100 valence electrons. The predicted octanol–water partition coefficient (Wildman–Crippen LogP) is 2.65. The van der Waals surface area contributed by atoms with Crippen LogP contribution in [0.2, 0.25) is 0 Å². The number of halogens is 1. The lowest BCUT2D eigenvalue weighted by atomic mass is 9.85. The fraction of sp³-hybridized carbons (Fsp3) is 0.133. The molecule has 0 spiro atoms. The molecule has 0 saturated carbocycles. The van der Waals surface area contributed by atoms with Crippen molar-refractivity contribution in [1.29, 1.82) is 0 Å². The van der Waals surface area contributed by atoms with Gasteiger partial charge in [0.2, 0.25) is 0 Å². The molecule has 3 N–H and O–H groups in total. The molecule has 0 saturated heterocycles. The molecular formula is C15H16ClNO2. The molecule has 2 aromatic rings. The van der Waals surface area contributed by atoms with Gasteiger partial charge in [0.1, 0.15) is 6.04 Å². The Morgan fingerprint density at radius 3 is 1.58 bits per heavy atom. The highest BCUT2D eigenvalue weighted by Crippen LogP contribution is 2.27. The van der Waals surface area contributed by atoms with Gasteiger partial charge in [-0.2, -0.15) is 0 Å². The fourth-order valence-corrected chi connectivity index (χ4v) is 2.07. The summed E-state index contributed by atoms with van der Waals surface area (Å²) < 4.78 is 0. The number of hydrogen-bond donors (Lipinski definition) is 2. The number of carboxylic acid groups (broad SMARTS) is 1. The minimum atomic E-state index is -0.993. The van der Waals surface area contributed by atoms with Crippen molar-refractivity contribution >= 4 is 18.4 Å². The summed E-state index contributed by atoms with van der Waals surface area (Å²) in [6.07, 6.45) is 0. The number of nitrogens with two attached hydrogens (primary N) is 1. The summed E-state index contributed by atoms with van der Waals surface area (Å²) in [5, 5.41) is 9.15. The van der Waals surface area contributed by atoms with Gasteiger partial charge in [0, 0.05) is 5.92 Å². The average molecular weight is 278 g/mol. The van der Waals surface area contributed by atoms with Gasteiger partial charge in [0.05, 0.1) is 0 Å². The van der Waals surface area contributed by atoms with Crippen molar-refractivity contribution in [2.75, 3.05) is 0 Å². The Bertz CT molecular complexity index is 477. The Morgan fingerprint density at radius 2 is 1.26 bits per heavy atom. The van der Waals surface area contributed by atoms with Gasteiger partial charge in [-0.05, 0) is 11.1 Å². The average Bonchev–Trinajstić information content (AvgIpc) is 2.41. The highest BCUT2D eigenvalue weighted by atomic mass is 35.5. The molecule has 0 aliphatic heterocycles. The summed E-state index contributed by atoms with van der Waals surface area (Å²) in [5.74, 6) is -1.32. The highest BCUT2D eigenvalue weighted by Gasteiger charge is 2.26. The van der Waals surface area contributed by atoms with Crippen LogP contribution in [0.15, 0.2) is 60.7 Å². The monoisotopic (exact) mass is 277 g/mol. The molecule has 19 heavy (non-hydrogen) atoms. The van der Waals surface area contributed by atoms with Crippen LogP contribution >= 0.6 is 12.4 Å². The largest absolute Gasteiger partial charge is 0.480 e. The van der Waals surface area contributed by atoms with Gasteiger partial charge >= 0.3 is 5.97 Å². The van der Waals surface area contributed by atoms with E-state index in [9.17, 15) is 4.79 Å². The maximum atomic E-state index is 11.2. The van der Waals surface area contributed by atoms with Crippen molar-refractivity contribution in [3.05, 3.63) is 71.8 Å². The maximum absolute atomic E-state index is 11.2. The van der Waals surface area contributed by atoms with E-state index in [0.29, 0.717) is 0 Å². The van der Waals surface area contributed by atoms with Crippen molar-refractivity contribution < 1.29 is 9.90 Å². The number of aliphatic carboxylic acids is 1. The summed E-state index contributed by atoms with van der Waals surface area (Å²) in [6, 6.07) is 18.0. The summed E-state index contributed by atoms with van der Waals surface area (Å²) in [5.41, 5.74) is 7.66. The van der Waals surface area contributed by atoms with Crippen LogP contribution in [0, 0.1) is 0 Å². The van der Waals surface area contributed by atoms with Gasteiger partial charge in [-0.25, -0.2) is 0 Å². The summed E-state index contributed by atoms with van der Waals surface area (Å²) in [7, 11) is 0. The topological polar surface area (TPSA) is 63.3 Å². The second kappa shape index (κ2) is 6.92.